The second kappa shape index (κ2) is 3.40. The molecule has 0 aromatic heterocycles. The summed E-state index contributed by atoms with van der Waals surface area (Å²) in [5.74, 6) is 0.225. The van der Waals surface area contributed by atoms with E-state index in [9.17, 15) is 4.39 Å². The number of hydrogen-bond acceptors (Lipinski definition) is 1. The van der Waals surface area contributed by atoms with Crippen molar-refractivity contribution in [3.05, 3.63) is 35.1 Å². The lowest BCUT2D eigenvalue weighted by Crippen LogP contribution is -2.14. The standard InChI is InChI=1S/C11H13FN2/c1-7-2-3-8(6-10(7)12)11(13)14-9-4-5-9/h2-3,6,9H,4-5H2,1H3,(H2,13,14). The lowest BCUT2D eigenvalue weighted by atomic mass is 10.1. The third-order valence-electron chi connectivity index (χ3n) is 2.34. The van der Waals surface area contributed by atoms with Crippen molar-refractivity contribution >= 4 is 5.84 Å². The fourth-order valence-corrected chi connectivity index (χ4v) is 1.23. The predicted octanol–water partition coefficient (Wildman–Crippen LogP) is 2.00. The third-order valence-corrected chi connectivity index (χ3v) is 2.34. The van der Waals surface area contributed by atoms with Crippen LogP contribution in [0.15, 0.2) is 23.2 Å². The lowest BCUT2D eigenvalue weighted by molar-refractivity contribution is 0.618. The number of benzene rings is 1. The maximum absolute atomic E-state index is 13.2. The van der Waals surface area contributed by atoms with E-state index in [-0.39, 0.29) is 5.82 Å². The van der Waals surface area contributed by atoms with Gasteiger partial charge in [0.25, 0.3) is 0 Å². The van der Waals surface area contributed by atoms with Gasteiger partial charge in [0.05, 0.1) is 6.04 Å². The molecule has 1 saturated carbocycles. The van der Waals surface area contributed by atoms with E-state index in [0.717, 1.165) is 12.8 Å². The van der Waals surface area contributed by atoms with Gasteiger partial charge in [0.2, 0.25) is 0 Å². The largest absolute Gasteiger partial charge is 0.383 e. The molecule has 1 fully saturated rings. The maximum atomic E-state index is 13.2. The highest BCUT2D eigenvalue weighted by Crippen LogP contribution is 2.24. The van der Waals surface area contributed by atoms with E-state index in [4.69, 9.17) is 5.73 Å². The van der Waals surface area contributed by atoms with Crippen LogP contribution in [0.2, 0.25) is 0 Å². The van der Waals surface area contributed by atoms with Crippen molar-refractivity contribution in [3.8, 4) is 0 Å². The minimum Gasteiger partial charge on any atom is -0.383 e. The van der Waals surface area contributed by atoms with Crippen molar-refractivity contribution in [1.82, 2.24) is 0 Å². The van der Waals surface area contributed by atoms with Crippen LogP contribution < -0.4 is 5.73 Å². The summed E-state index contributed by atoms with van der Waals surface area (Å²) in [5, 5.41) is 0. The molecule has 1 aliphatic carbocycles. The van der Waals surface area contributed by atoms with Gasteiger partial charge in [-0.3, -0.25) is 4.99 Å². The summed E-state index contributed by atoms with van der Waals surface area (Å²) in [5.41, 5.74) is 7.05. The summed E-state index contributed by atoms with van der Waals surface area (Å²) < 4.78 is 13.2. The quantitative estimate of drug-likeness (QED) is 0.565. The molecule has 74 valence electrons. The van der Waals surface area contributed by atoms with Crippen molar-refractivity contribution in [1.29, 1.82) is 0 Å². The summed E-state index contributed by atoms with van der Waals surface area (Å²) in [6.45, 7) is 1.73. The van der Waals surface area contributed by atoms with Crippen molar-refractivity contribution in [2.75, 3.05) is 0 Å². The molecule has 0 radical (unpaired) electrons. The Labute approximate surface area is 82.7 Å². The van der Waals surface area contributed by atoms with Gasteiger partial charge in [-0.25, -0.2) is 4.39 Å². The normalized spacial score (nSPS) is 17.1. The second-order valence-electron chi connectivity index (χ2n) is 3.71. The van der Waals surface area contributed by atoms with Crippen LogP contribution in [-0.2, 0) is 0 Å². The van der Waals surface area contributed by atoms with Crippen LogP contribution in [0.3, 0.4) is 0 Å². The molecule has 2 rings (SSSR count). The first kappa shape index (κ1) is 9.19. The molecular weight excluding hydrogens is 179 g/mol. The van der Waals surface area contributed by atoms with E-state index in [1.807, 2.05) is 0 Å². The van der Waals surface area contributed by atoms with Crippen LogP contribution in [0.1, 0.15) is 24.0 Å². The monoisotopic (exact) mass is 192 g/mol. The van der Waals surface area contributed by atoms with Gasteiger partial charge in [-0.15, -0.1) is 0 Å². The molecule has 3 heteroatoms. The number of halogens is 1. The molecule has 0 amide bonds. The fourth-order valence-electron chi connectivity index (χ4n) is 1.23. The minimum absolute atomic E-state index is 0.226. The number of aliphatic imine (C=N–C) groups is 1. The zero-order valence-corrected chi connectivity index (χ0v) is 8.13. The van der Waals surface area contributed by atoms with Gasteiger partial charge in [0, 0.05) is 5.56 Å². The van der Waals surface area contributed by atoms with Gasteiger partial charge in [0.15, 0.2) is 0 Å². The summed E-state index contributed by atoms with van der Waals surface area (Å²) in [4.78, 5) is 4.26. The van der Waals surface area contributed by atoms with Crippen molar-refractivity contribution in [2.24, 2.45) is 10.7 Å². The number of hydrogen-bond donors (Lipinski definition) is 1. The summed E-state index contributed by atoms with van der Waals surface area (Å²) in [6.07, 6.45) is 2.21. The molecule has 1 aliphatic rings. The Hall–Kier alpha value is -1.38. The van der Waals surface area contributed by atoms with E-state index < -0.39 is 0 Å². The van der Waals surface area contributed by atoms with Gasteiger partial charge in [0.1, 0.15) is 11.7 Å². The molecule has 1 aromatic rings. The highest BCUT2D eigenvalue weighted by molar-refractivity contribution is 5.97. The third kappa shape index (κ3) is 1.92. The Morgan fingerprint density at radius 3 is 2.79 bits per heavy atom. The molecular formula is C11H13FN2. The number of nitrogens with two attached hydrogens (primary N) is 1. The second-order valence-corrected chi connectivity index (χ2v) is 3.71. The molecule has 2 N–H and O–H groups in total. The Bertz CT molecular complexity index is 381. The molecule has 0 spiro atoms. The van der Waals surface area contributed by atoms with Gasteiger partial charge < -0.3 is 5.73 Å². The fraction of sp³-hybridized carbons (Fsp3) is 0.364. The van der Waals surface area contributed by atoms with E-state index in [1.165, 1.54) is 6.07 Å². The Morgan fingerprint density at radius 2 is 2.21 bits per heavy atom. The molecule has 0 atom stereocenters. The first-order valence-corrected chi connectivity index (χ1v) is 4.76. The molecule has 0 saturated heterocycles. The number of rotatable bonds is 2. The maximum Gasteiger partial charge on any atom is 0.126 e. The van der Waals surface area contributed by atoms with Crippen molar-refractivity contribution < 1.29 is 4.39 Å². The Morgan fingerprint density at radius 1 is 1.50 bits per heavy atom. The average Bonchev–Trinajstić information content (AvgIpc) is 2.93. The number of amidine groups is 1. The van der Waals surface area contributed by atoms with Crippen molar-refractivity contribution in [2.45, 2.75) is 25.8 Å². The molecule has 0 bridgehead atoms. The van der Waals surface area contributed by atoms with Crippen LogP contribution in [0, 0.1) is 12.7 Å². The van der Waals surface area contributed by atoms with Gasteiger partial charge in [-0.2, -0.15) is 0 Å². The topological polar surface area (TPSA) is 38.4 Å². The van der Waals surface area contributed by atoms with E-state index in [0.29, 0.717) is 23.0 Å². The number of aryl methyl sites for hydroxylation is 1. The first-order valence-electron chi connectivity index (χ1n) is 4.76. The number of nitrogens with zero attached hydrogens (tertiary/aromatic N) is 1. The van der Waals surface area contributed by atoms with Gasteiger partial charge >= 0.3 is 0 Å². The average molecular weight is 192 g/mol. The SMILES string of the molecule is Cc1ccc(C(N)=NC2CC2)cc1F. The van der Waals surface area contributed by atoms with Gasteiger partial charge in [-0.1, -0.05) is 12.1 Å². The van der Waals surface area contributed by atoms with Crippen LogP contribution in [0.25, 0.3) is 0 Å². The van der Waals surface area contributed by atoms with Crippen LogP contribution in [-0.4, -0.2) is 11.9 Å². The van der Waals surface area contributed by atoms with Crippen LogP contribution in [0.4, 0.5) is 4.39 Å². The van der Waals surface area contributed by atoms with E-state index in [1.54, 1.807) is 19.1 Å². The van der Waals surface area contributed by atoms with E-state index >= 15 is 0 Å². The van der Waals surface area contributed by atoms with Gasteiger partial charge in [-0.05, 0) is 31.4 Å². The van der Waals surface area contributed by atoms with Crippen LogP contribution in [0.5, 0.6) is 0 Å². The lowest BCUT2D eigenvalue weighted by Gasteiger charge is -2.02. The summed E-state index contributed by atoms with van der Waals surface area (Å²) >= 11 is 0. The molecule has 0 unspecified atom stereocenters. The molecule has 14 heavy (non-hydrogen) atoms. The highest BCUT2D eigenvalue weighted by atomic mass is 19.1. The minimum atomic E-state index is -0.226. The first-order chi connectivity index (χ1) is 6.66. The zero-order valence-electron chi connectivity index (χ0n) is 8.13. The Kier molecular flexibility index (Phi) is 2.23. The van der Waals surface area contributed by atoms with E-state index in [2.05, 4.69) is 4.99 Å². The Balaban J connectivity index is 2.27. The predicted molar refractivity (Wildman–Crippen MR) is 54.9 cm³/mol. The smallest absolute Gasteiger partial charge is 0.126 e. The van der Waals surface area contributed by atoms with Crippen molar-refractivity contribution in [3.63, 3.8) is 0 Å². The molecule has 0 aliphatic heterocycles. The molecule has 2 nitrogen and oxygen atoms in total. The molecule has 0 heterocycles. The highest BCUT2D eigenvalue weighted by Gasteiger charge is 2.20. The zero-order chi connectivity index (χ0) is 10.1. The van der Waals surface area contributed by atoms with Crippen LogP contribution >= 0.6 is 0 Å². The summed E-state index contributed by atoms with van der Waals surface area (Å²) in [6, 6.07) is 5.34. The molecule has 1 aromatic carbocycles. The summed E-state index contributed by atoms with van der Waals surface area (Å²) in [7, 11) is 0.